The van der Waals surface area contributed by atoms with Crippen LogP contribution in [0.15, 0.2) is 29.3 Å². The van der Waals surface area contributed by atoms with Crippen molar-refractivity contribution >= 4 is 33.5 Å². The van der Waals surface area contributed by atoms with Crippen molar-refractivity contribution in [3.63, 3.8) is 0 Å². The minimum Gasteiger partial charge on any atom is -0.504 e. The summed E-state index contributed by atoms with van der Waals surface area (Å²) in [6.07, 6.45) is 16.0. The topological polar surface area (TPSA) is 211 Å². The average Bonchev–Trinajstić information content (AvgIpc) is 3.71. The SMILES string of the molecule is CC(=O)OC1CC(O)CCC23C#CC4CCCC5(CC(CCN5)Oc5cc(c(C(O)O)cc5O)CC41)C1CCC(CN1)SSCC1(CCCC4(CCCC4)C1)NC(N)=NC2C=CCC3O. The Bertz CT molecular complexity index is 2000. The summed E-state index contributed by atoms with van der Waals surface area (Å²) in [6, 6.07) is 2.67. The van der Waals surface area contributed by atoms with Crippen LogP contribution in [-0.4, -0.2) is 109 Å². The summed E-state index contributed by atoms with van der Waals surface area (Å²) in [4.78, 5) is 18.2. The highest BCUT2D eigenvalue weighted by Crippen LogP contribution is 2.54. The van der Waals surface area contributed by atoms with Gasteiger partial charge in [0.2, 0.25) is 0 Å². The first-order valence-corrected chi connectivity index (χ1v) is 27.1. The molecule has 5 heterocycles. The molecule has 15 heteroatoms. The summed E-state index contributed by atoms with van der Waals surface area (Å²) < 4.78 is 12.9. The third-order valence-electron chi connectivity index (χ3n) is 16.9. The van der Waals surface area contributed by atoms with Crippen molar-refractivity contribution in [3.8, 4) is 23.3 Å². The van der Waals surface area contributed by atoms with Crippen LogP contribution >= 0.6 is 21.6 Å². The number of esters is 1. The maximum Gasteiger partial charge on any atom is 0.302 e. The molecule has 8 bridgehead atoms. The number of fused-ring (bicyclic) bond motifs is 8. The van der Waals surface area contributed by atoms with Gasteiger partial charge in [-0.25, -0.2) is 4.99 Å². The number of nitrogens with one attached hydrogen (secondary N) is 3. The highest BCUT2D eigenvalue weighted by Gasteiger charge is 2.50. The van der Waals surface area contributed by atoms with Crippen LogP contribution in [0.5, 0.6) is 11.5 Å². The third kappa shape index (κ3) is 10.2. The van der Waals surface area contributed by atoms with E-state index in [-0.39, 0.29) is 59.5 Å². The molecule has 9 aliphatic rings. The molecule has 1 aromatic rings. The summed E-state index contributed by atoms with van der Waals surface area (Å²) in [5, 5.41) is 69.4. The molecule has 65 heavy (non-hydrogen) atoms. The van der Waals surface area contributed by atoms with Gasteiger partial charge < -0.3 is 56.7 Å². The Hall–Kier alpha value is -2.68. The normalized spacial score (nSPS) is 39.8. The number of aromatic hydroxyl groups is 1. The van der Waals surface area contributed by atoms with E-state index >= 15 is 0 Å². The van der Waals surface area contributed by atoms with Gasteiger partial charge in [-0.2, -0.15) is 0 Å². The summed E-state index contributed by atoms with van der Waals surface area (Å²) in [5.41, 5.74) is 6.44. The van der Waals surface area contributed by atoms with Crippen LogP contribution in [0.4, 0.5) is 0 Å². The van der Waals surface area contributed by atoms with E-state index in [0.717, 1.165) is 76.6 Å². The van der Waals surface area contributed by atoms with Gasteiger partial charge in [0, 0.05) is 66.3 Å². The number of hydrogen-bond donors (Lipinski definition) is 9. The van der Waals surface area contributed by atoms with Gasteiger partial charge >= 0.3 is 5.97 Å². The van der Waals surface area contributed by atoms with E-state index < -0.39 is 53.9 Å². The molecule has 4 aliphatic carbocycles. The number of aliphatic hydroxyl groups excluding tert-OH is 3. The standard InChI is InChI=1S/C50H73N5O8S2/c1-31(56)62-40-25-34(57)13-21-49-20-12-32-7-5-19-50(27-35(14-22-53-50)63-41-24-33(23-37(32)40)38(45(60)61)26-39(41)58)43-11-10-36(28-52-43)65-64-30-48(18-6-17-47(29-48)15-2-3-16-47)55-46(51)54-42(49)8-4-9-44(49)59/h4,8,24,26,32,34-37,40,42-45,52-53,57-61H,2-3,5-7,9-11,13-19,21-23,25,27-30H2,1H3,(H3,51,54,55). The molecule has 0 aromatic heterocycles. The summed E-state index contributed by atoms with van der Waals surface area (Å²) >= 11 is 0. The Morgan fingerprint density at radius 1 is 1.03 bits per heavy atom. The highest BCUT2D eigenvalue weighted by molar-refractivity contribution is 8.77. The molecule has 0 amide bonds. The van der Waals surface area contributed by atoms with E-state index in [2.05, 4.69) is 27.8 Å². The highest BCUT2D eigenvalue weighted by atomic mass is 33.1. The average molecular weight is 936 g/mol. The van der Waals surface area contributed by atoms with Gasteiger partial charge in [0.15, 0.2) is 23.7 Å². The molecule has 13 nitrogen and oxygen atoms in total. The van der Waals surface area contributed by atoms with Crippen molar-refractivity contribution in [1.29, 1.82) is 0 Å². The number of carbonyl (C=O) groups excluding carboxylic acids is 1. The smallest absolute Gasteiger partial charge is 0.302 e. The molecule has 10 rings (SSSR count). The number of phenols is 1. The molecular weight excluding hydrogens is 863 g/mol. The molecule has 2 saturated heterocycles. The molecule has 2 saturated carbocycles. The molecule has 5 aliphatic heterocycles. The Labute approximate surface area is 393 Å². The van der Waals surface area contributed by atoms with Crippen molar-refractivity contribution in [2.75, 3.05) is 18.8 Å². The zero-order chi connectivity index (χ0) is 45.4. The molecule has 1 aromatic carbocycles. The predicted octanol–water partition coefficient (Wildman–Crippen LogP) is 5.65. The van der Waals surface area contributed by atoms with E-state index in [1.54, 1.807) is 6.07 Å². The van der Waals surface area contributed by atoms with E-state index in [4.69, 9.17) is 20.2 Å². The number of carbonyl (C=O) groups is 1. The number of benzene rings is 1. The lowest BCUT2D eigenvalue weighted by molar-refractivity contribution is -0.152. The second-order valence-electron chi connectivity index (χ2n) is 21.3. The van der Waals surface area contributed by atoms with Crippen LogP contribution in [0.1, 0.15) is 146 Å². The summed E-state index contributed by atoms with van der Waals surface area (Å²) in [6.45, 7) is 3.01. The first-order valence-electron chi connectivity index (χ1n) is 24.8. The molecule has 4 fully saturated rings. The van der Waals surface area contributed by atoms with Crippen LogP contribution in [0, 0.1) is 34.5 Å². The van der Waals surface area contributed by atoms with Crippen molar-refractivity contribution in [3.05, 3.63) is 35.4 Å². The Kier molecular flexibility index (Phi) is 14.4. The largest absolute Gasteiger partial charge is 0.504 e. The lowest BCUT2D eigenvalue weighted by Gasteiger charge is -2.50. The second kappa shape index (κ2) is 19.7. The number of ether oxygens (including phenoxy) is 2. The van der Waals surface area contributed by atoms with Crippen LogP contribution in [0.3, 0.4) is 0 Å². The first-order chi connectivity index (χ1) is 31.3. The number of nitrogens with zero attached hydrogens (tertiary/aromatic N) is 1. The van der Waals surface area contributed by atoms with Crippen molar-refractivity contribution in [1.82, 2.24) is 16.0 Å². The van der Waals surface area contributed by atoms with Gasteiger partial charge in [-0.1, -0.05) is 71.3 Å². The Morgan fingerprint density at radius 2 is 1.86 bits per heavy atom. The summed E-state index contributed by atoms with van der Waals surface area (Å²) in [5.74, 6) is 7.38. The minimum absolute atomic E-state index is 0.126. The first kappa shape index (κ1) is 47.4. The molecular formula is C50H73N5O8S2. The van der Waals surface area contributed by atoms with Crippen LogP contribution in [0.25, 0.3) is 0 Å². The van der Waals surface area contributed by atoms with Gasteiger partial charge in [-0.15, -0.1) is 0 Å². The number of rotatable bonds is 2. The lowest BCUT2D eigenvalue weighted by atomic mass is 9.65. The molecule has 12 atom stereocenters. The minimum atomic E-state index is -1.90. The number of piperidine rings is 2. The van der Waals surface area contributed by atoms with Gasteiger partial charge in [0.05, 0.1) is 29.2 Å². The monoisotopic (exact) mass is 935 g/mol. The third-order valence-corrected chi connectivity index (χ3v) is 20.0. The van der Waals surface area contributed by atoms with Gasteiger partial charge in [0.1, 0.15) is 12.2 Å². The number of aliphatic hydroxyl groups is 4. The molecule has 4 spiro atoms. The zero-order valence-electron chi connectivity index (χ0n) is 38.1. The Balaban J connectivity index is 1.19. The number of aliphatic imine (C=N–C) groups is 1. The lowest BCUT2D eigenvalue weighted by Crippen LogP contribution is -2.66. The fraction of sp³-hybridized carbons (Fsp3) is 0.760. The maximum absolute atomic E-state index is 13.0. The number of hydrogen-bond acceptors (Lipinski definition) is 15. The van der Waals surface area contributed by atoms with E-state index in [1.807, 2.05) is 33.7 Å². The van der Waals surface area contributed by atoms with Gasteiger partial charge in [-0.05, 0) is 120 Å². The fourth-order valence-corrected chi connectivity index (χ4v) is 16.8. The molecule has 0 radical (unpaired) electrons. The van der Waals surface area contributed by atoms with Crippen LogP contribution < -0.4 is 26.4 Å². The van der Waals surface area contributed by atoms with Gasteiger partial charge in [-0.3, -0.25) is 4.79 Å². The number of phenolic OH excluding ortho intramolecular Hbond substituents is 1. The predicted molar refractivity (Wildman–Crippen MR) is 255 cm³/mol. The van der Waals surface area contributed by atoms with Crippen LogP contribution in [-0.2, 0) is 16.0 Å². The van der Waals surface area contributed by atoms with Gasteiger partial charge in [0.25, 0.3) is 0 Å². The molecule has 12 unspecified atom stereocenters. The van der Waals surface area contributed by atoms with E-state index in [9.17, 15) is 30.3 Å². The van der Waals surface area contributed by atoms with Crippen LogP contribution in [0.2, 0.25) is 0 Å². The van der Waals surface area contributed by atoms with Crippen molar-refractivity contribution in [2.24, 2.45) is 33.4 Å². The molecule has 358 valence electrons. The quantitative estimate of drug-likeness (QED) is 0.0577. The summed E-state index contributed by atoms with van der Waals surface area (Å²) in [7, 11) is 3.97. The maximum atomic E-state index is 13.0. The fourth-order valence-electron chi connectivity index (χ4n) is 13.7. The molecule has 10 N–H and O–H groups in total. The van der Waals surface area contributed by atoms with Crippen molar-refractivity contribution in [2.45, 2.75) is 194 Å². The van der Waals surface area contributed by atoms with E-state index in [1.165, 1.54) is 45.1 Å². The van der Waals surface area contributed by atoms with E-state index in [0.29, 0.717) is 41.5 Å². The number of nitrogens with two attached hydrogens (primary N) is 1. The second-order valence-corrected chi connectivity index (χ2v) is 23.9. The number of guanidine groups is 1. The Morgan fingerprint density at radius 3 is 2.65 bits per heavy atom. The van der Waals surface area contributed by atoms with Crippen molar-refractivity contribution < 1.29 is 39.8 Å². The zero-order valence-corrected chi connectivity index (χ0v) is 39.8.